The number of aryl methyl sites for hydroxylation is 1. The molecule has 33 heavy (non-hydrogen) atoms. The monoisotopic (exact) mass is 463 g/mol. The van der Waals surface area contributed by atoms with Crippen LogP contribution in [0.2, 0.25) is 0 Å². The normalized spacial score (nSPS) is 10.9. The van der Waals surface area contributed by atoms with Gasteiger partial charge in [0.2, 0.25) is 0 Å². The Kier molecular flexibility index (Phi) is 6.57. The van der Waals surface area contributed by atoms with Crippen LogP contribution in [0, 0.1) is 0 Å². The minimum Gasteiger partial charge on any atom is -0.477 e. The first-order chi connectivity index (χ1) is 16.0. The number of hydrogen-bond donors (Lipinski definition) is 4. The van der Waals surface area contributed by atoms with Crippen molar-refractivity contribution in [3.63, 3.8) is 0 Å². The van der Waals surface area contributed by atoms with Crippen LogP contribution in [0.3, 0.4) is 0 Å². The number of carboxylic acids is 1. The summed E-state index contributed by atoms with van der Waals surface area (Å²) < 4.78 is 0. The van der Waals surface area contributed by atoms with Gasteiger partial charge in [-0.05, 0) is 54.8 Å². The fourth-order valence-corrected chi connectivity index (χ4v) is 4.23. The first kappa shape index (κ1) is 22.3. The first-order valence-electron chi connectivity index (χ1n) is 10.2. The number of amides is 1. The fourth-order valence-electron chi connectivity index (χ4n) is 3.52. The van der Waals surface area contributed by atoms with E-state index in [2.05, 4.69) is 20.3 Å². The predicted molar refractivity (Wildman–Crippen MR) is 125 cm³/mol. The third-order valence-corrected chi connectivity index (χ3v) is 5.87. The van der Waals surface area contributed by atoms with Crippen molar-refractivity contribution in [2.45, 2.75) is 19.3 Å². The van der Waals surface area contributed by atoms with Crippen LogP contribution in [0.15, 0.2) is 48.1 Å². The van der Waals surface area contributed by atoms with Gasteiger partial charge < -0.3 is 15.8 Å². The van der Waals surface area contributed by atoms with Gasteiger partial charge in [-0.1, -0.05) is 6.07 Å². The number of benzene rings is 1. The molecule has 3 aromatic heterocycles. The topological polar surface area (TPSA) is 151 Å². The Morgan fingerprint density at radius 3 is 2.79 bits per heavy atom. The molecule has 0 fully saturated rings. The van der Waals surface area contributed by atoms with E-state index in [4.69, 9.17) is 5.73 Å². The summed E-state index contributed by atoms with van der Waals surface area (Å²) in [4.78, 5) is 48.0. The largest absolute Gasteiger partial charge is 0.477 e. The number of Topliss-reactive ketones (excluding diaryl/α,β-unsaturated/α-hetero) is 1. The molecule has 0 saturated carbocycles. The Hall–Kier alpha value is -3.89. The number of carbonyl (C=O) groups excluding carboxylic acids is 2. The Labute approximate surface area is 192 Å². The van der Waals surface area contributed by atoms with Crippen molar-refractivity contribution in [1.82, 2.24) is 15.0 Å². The third-order valence-electron chi connectivity index (χ3n) is 5.11. The molecule has 0 bridgehead atoms. The second-order valence-electron chi connectivity index (χ2n) is 7.39. The Bertz CT molecular complexity index is 1330. The molecule has 0 aliphatic carbocycles. The molecule has 4 aromatic rings. The van der Waals surface area contributed by atoms with Gasteiger partial charge in [0.25, 0.3) is 5.91 Å². The average molecular weight is 464 g/mol. The van der Waals surface area contributed by atoms with Gasteiger partial charge in [0.1, 0.15) is 11.4 Å². The second kappa shape index (κ2) is 9.72. The standard InChI is InChI=1S/C23H21N5O4S/c24-7-1-4-15-16-10-14(5-6-17(16)26-20(15)22(31)32)21(30)28-23-27-18(12-33-23)19(29)9-13-3-2-8-25-11-13/h2-3,5-6,8,10-12,26H,1,4,7,9,24H2,(H,31,32)(H,27,28,30). The van der Waals surface area contributed by atoms with E-state index in [1.165, 1.54) is 0 Å². The van der Waals surface area contributed by atoms with Crippen LogP contribution in [0.5, 0.6) is 0 Å². The van der Waals surface area contributed by atoms with Crippen LogP contribution in [-0.4, -0.2) is 44.3 Å². The number of pyridine rings is 1. The number of anilines is 1. The highest BCUT2D eigenvalue weighted by Crippen LogP contribution is 2.26. The Morgan fingerprint density at radius 2 is 2.06 bits per heavy atom. The van der Waals surface area contributed by atoms with Crippen LogP contribution >= 0.6 is 11.3 Å². The molecule has 1 aromatic carbocycles. The van der Waals surface area contributed by atoms with Crippen molar-refractivity contribution < 1.29 is 19.5 Å². The highest BCUT2D eigenvalue weighted by atomic mass is 32.1. The van der Waals surface area contributed by atoms with Crippen molar-refractivity contribution in [2.24, 2.45) is 5.73 Å². The number of H-pyrrole nitrogens is 1. The number of aromatic nitrogens is 3. The van der Waals surface area contributed by atoms with E-state index < -0.39 is 11.9 Å². The van der Waals surface area contributed by atoms with Crippen LogP contribution in [0.1, 0.15) is 48.9 Å². The van der Waals surface area contributed by atoms with Crippen molar-refractivity contribution in [3.05, 3.63) is 76.2 Å². The first-order valence-corrected chi connectivity index (χ1v) is 11.1. The van der Waals surface area contributed by atoms with E-state index in [0.717, 1.165) is 16.9 Å². The lowest BCUT2D eigenvalue weighted by molar-refractivity contribution is 0.0690. The van der Waals surface area contributed by atoms with Crippen LogP contribution in [0.4, 0.5) is 5.13 Å². The number of thiazole rings is 1. The minimum atomic E-state index is -1.06. The molecular weight excluding hydrogens is 442 g/mol. The van der Waals surface area contributed by atoms with Gasteiger partial charge in [-0.2, -0.15) is 0 Å². The van der Waals surface area contributed by atoms with Crippen molar-refractivity contribution >= 4 is 45.0 Å². The molecule has 0 radical (unpaired) electrons. The number of aromatic carboxylic acids is 1. The second-order valence-corrected chi connectivity index (χ2v) is 8.25. The summed E-state index contributed by atoms with van der Waals surface area (Å²) in [6.07, 6.45) is 4.55. The lowest BCUT2D eigenvalue weighted by Gasteiger charge is -2.04. The van der Waals surface area contributed by atoms with Crippen LogP contribution in [-0.2, 0) is 12.8 Å². The SMILES string of the molecule is NCCCc1c(C(=O)O)[nH]c2ccc(C(=O)Nc3nc(C(=O)Cc4cccnc4)cs3)cc12. The molecule has 10 heteroatoms. The molecule has 9 nitrogen and oxygen atoms in total. The summed E-state index contributed by atoms with van der Waals surface area (Å²) in [5.74, 6) is -1.63. The number of rotatable bonds is 9. The van der Waals surface area contributed by atoms with Crippen molar-refractivity contribution in [2.75, 3.05) is 11.9 Å². The third kappa shape index (κ3) is 4.97. The van der Waals surface area contributed by atoms with E-state index in [1.54, 1.807) is 42.0 Å². The lowest BCUT2D eigenvalue weighted by atomic mass is 10.0. The van der Waals surface area contributed by atoms with E-state index in [-0.39, 0.29) is 23.6 Å². The number of nitrogens with zero attached hydrogens (tertiary/aromatic N) is 2. The molecule has 5 N–H and O–H groups in total. The lowest BCUT2D eigenvalue weighted by Crippen LogP contribution is -2.12. The number of aromatic amines is 1. The molecule has 1 amide bonds. The van der Waals surface area contributed by atoms with E-state index in [1.807, 2.05) is 6.07 Å². The van der Waals surface area contributed by atoms with Crippen LogP contribution < -0.4 is 11.1 Å². The maximum atomic E-state index is 12.8. The number of nitrogens with one attached hydrogen (secondary N) is 2. The van der Waals surface area contributed by atoms with Gasteiger partial charge in [0.05, 0.1) is 0 Å². The Morgan fingerprint density at radius 1 is 1.21 bits per heavy atom. The maximum absolute atomic E-state index is 12.8. The average Bonchev–Trinajstić information content (AvgIpc) is 3.42. The number of hydrogen-bond acceptors (Lipinski definition) is 7. The molecule has 0 spiro atoms. The number of carboxylic acid groups (broad SMARTS) is 1. The van der Waals surface area contributed by atoms with Gasteiger partial charge in [-0.15, -0.1) is 11.3 Å². The summed E-state index contributed by atoms with van der Waals surface area (Å²) in [7, 11) is 0. The molecule has 0 atom stereocenters. The van der Waals surface area contributed by atoms with Gasteiger partial charge in [-0.3, -0.25) is 19.9 Å². The van der Waals surface area contributed by atoms with Crippen LogP contribution in [0.25, 0.3) is 10.9 Å². The van der Waals surface area contributed by atoms with Crippen molar-refractivity contribution in [1.29, 1.82) is 0 Å². The molecule has 0 aliphatic rings. The quantitative estimate of drug-likeness (QED) is 0.278. The zero-order valence-electron chi connectivity index (χ0n) is 17.5. The van der Waals surface area contributed by atoms with E-state index in [0.29, 0.717) is 46.5 Å². The highest BCUT2D eigenvalue weighted by molar-refractivity contribution is 7.14. The summed E-state index contributed by atoms with van der Waals surface area (Å²) in [6.45, 7) is 0.428. The number of fused-ring (bicyclic) bond motifs is 1. The molecule has 4 rings (SSSR count). The van der Waals surface area contributed by atoms with Gasteiger partial charge in [0, 0.05) is 40.7 Å². The fraction of sp³-hybridized carbons (Fsp3) is 0.174. The van der Waals surface area contributed by atoms with E-state index in [9.17, 15) is 19.5 Å². The van der Waals surface area contributed by atoms with E-state index >= 15 is 0 Å². The predicted octanol–water partition coefficient (Wildman–Crippen LogP) is 3.29. The zero-order chi connectivity index (χ0) is 23.4. The smallest absolute Gasteiger partial charge is 0.352 e. The molecule has 168 valence electrons. The number of ketones is 1. The number of carbonyl (C=O) groups is 3. The van der Waals surface area contributed by atoms with Gasteiger partial charge in [-0.25, -0.2) is 9.78 Å². The summed E-state index contributed by atoms with van der Waals surface area (Å²) >= 11 is 1.16. The molecule has 0 aliphatic heterocycles. The van der Waals surface area contributed by atoms with Gasteiger partial charge in [0.15, 0.2) is 10.9 Å². The molecular formula is C23H21N5O4S. The minimum absolute atomic E-state index is 0.104. The summed E-state index contributed by atoms with van der Waals surface area (Å²) in [6, 6.07) is 8.51. The molecule has 0 unspecified atom stereocenters. The number of nitrogens with two attached hydrogens (primary N) is 1. The van der Waals surface area contributed by atoms with Crippen molar-refractivity contribution in [3.8, 4) is 0 Å². The summed E-state index contributed by atoms with van der Waals surface area (Å²) in [5.41, 5.74) is 8.36. The van der Waals surface area contributed by atoms with Gasteiger partial charge >= 0.3 is 5.97 Å². The summed E-state index contributed by atoms with van der Waals surface area (Å²) in [5, 5.41) is 14.8. The maximum Gasteiger partial charge on any atom is 0.352 e. The highest BCUT2D eigenvalue weighted by Gasteiger charge is 2.19. The molecule has 0 saturated heterocycles. The zero-order valence-corrected chi connectivity index (χ0v) is 18.3. The molecule has 3 heterocycles. The Balaban J connectivity index is 1.52.